The second-order valence-corrected chi connectivity index (χ2v) is 8.71. The highest BCUT2D eigenvalue weighted by molar-refractivity contribution is 8.01. The van der Waals surface area contributed by atoms with Gasteiger partial charge in [-0.25, -0.2) is 0 Å². The van der Waals surface area contributed by atoms with Crippen molar-refractivity contribution < 1.29 is 9.59 Å². The molecule has 0 radical (unpaired) electrons. The summed E-state index contributed by atoms with van der Waals surface area (Å²) in [4.78, 5) is 26.4. The highest BCUT2D eigenvalue weighted by Gasteiger charge is 2.27. The van der Waals surface area contributed by atoms with E-state index in [1.165, 1.54) is 0 Å². The highest BCUT2D eigenvalue weighted by Crippen LogP contribution is 2.25. The van der Waals surface area contributed by atoms with Crippen LogP contribution in [0.1, 0.15) is 33.6 Å². The monoisotopic (exact) mass is 334 g/mol. The number of amides is 2. The summed E-state index contributed by atoms with van der Waals surface area (Å²) in [6.45, 7) is 7.70. The van der Waals surface area contributed by atoms with Crippen molar-refractivity contribution in [3.63, 3.8) is 0 Å². The molecule has 1 aromatic rings. The molecule has 1 fully saturated rings. The van der Waals surface area contributed by atoms with Gasteiger partial charge in [0.05, 0.1) is 5.75 Å². The van der Waals surface area contributed by atoms with Crippen LogP contribution in [-0.2, 0) is 9.59 Å². The summed E-state index contributed by atoms with van der Waals surface area (Å²) < 4.78 is 0.101. The average molecular weight is 334 g/mol. The largest absolute Gasteiger partial charge is 0.342 e. The summed E-state index contributed by atoms with van der Waals surface area (Å²) in [5.41, 5.74) is 0.831. The number of likely N-dealkylation sites (tertiary alicyclic amines) is 1. The number of carbonyl (C=O) groups is 2. The lowest BCUT2D eigenvalue weighted by molar-refractivity contribution is -0.132. The van der Waals surface area contributed by atoms with Gasteiger partial charge < -0.3 is 10.2 Å². The maximum absolute atomic E-state index is 12.3. The third-order valence-corrected chi connectivity index (χ3v) is 5.15. The molecule has 2 rings (SSSR count). The molecule has 0 spiro atoms. The van der Waals surface area contributed by atoms with E-state index in [2.05, 4.69) is 26.1 Å². The molecular formula is C18H26N2O2S. The van der Waals surface area contributed by atoms with Crippen molar-refractivity contribution >= 4 is 29.3 Å². The van der Waals surface area contributed by atoms with E-state index in [9.17, 15) is 9.59 Å². The van der Waals surface area contributed by atoms with Gasteiger partial charge in [-0.2, -0.15) is 0 Å². The Morgan fingerprint density at radius 1 is 1.17 bits per heavy atom. The number of benzene rings is 1. The first-order chi connectivity index (χ1) is 10.8. The molecule has 0 aliphatic carbocycles. The van der Waals surface area contributed by atoms with Gasteiger partial charge in [-0.3, -0.25) is 9.59 Å². The fourth-order valence-corrected chi connectivity index (χ4v) is 3.27. The zero-order chi connectivity index (χ0) is 16.9. The van der Waals surface area contributed by atoms with Crippen LogP contribution in [0.4, 0.5) is 5.69 Å². The second-order valence-electron chi connectivity index (χ2n) is 6.91. The zero-order valence-corrected chi connectivity index (χ0v) is 15.0. The Kier molecular flexibility index (Phi) is 6.10. The number of thioether (sulfide) groups is 1. The second kappa shape index (κ2) is 7.86. The van der Waals surface area contributed by atoms with Crippen molar-refractivity contribution in [1.82, 2.24) is 4.90 Å². The molecule has 0 unspecified atom stereocenters. The van der Waals surface area contributed by atoms with E-state index in [0.717, 1.165) is 18.5 Å². The van der Waals surface area contributed by atoms with Gasteiger partial charge in [0.25, 0.3) is 0 Å². The summed E-state index contributed by atoms with van der Waals surface area (Å²) in [6.07, 6.45) is 1.48. The number of nitrogens with one attached hydrogen (secondary N) is 1. The molecule has 126 valence electrons. The van der Waals surface area contributed by atoms with Gasteiger partial charge in [0, 0.05) is 29.4 Å². The molecule has 1 aliphatic rings. The van der Waals surface area contributed by atoms with Gasteiger partial charge in [-0.15, -0.1) is 11.8 Å². The first-order valence-electron chi connectivity index (χ1n) is 8.13. The molecule has 5 heteroatoms. The molecule has 0 saturated carbocycles. The molecule has 0 bridgehead atoms. The number of carbonyl (C=O) groups excluding carboxylic acids is 2. The third-order valence-electron chi connectivity index (χ3n) is 3.89. The van der Waals surface area contributed by atoms with E-state index in [0.29, 0.717) is 18.8 Å². The van der Waals surface area contributed by atoms with Gasteiger partial charge in [-0.1, -0.05) is 39.0 Å². The third kappa shape index (κ3) is 5.90. The van der Waals surface area contributed by atoms with Crippen molar-refractivity contribution in [3.8, 4) is 0 Å². The van der Waals surface area contributed by atoms with Crippen molar-refractivity contribution in [2.24, 2.45) is 5.92 Å². The summed E-state index contributed by atoms with van der Waals surface area (Å²) in [5, 5.41) is 2.95. The predicted octanol–water partition coefficient (Wildman–Crippen LogP) is 3.40. The van der Waals surface area contributed by atoms with E-state index in [4.69, 9.17) is 0 Å². The van der Waals surface area contributed by atoms with Crippen molar-refractivity contribution in [3.05, 3.63) is 30.3 Å². The van der Waals surface area contributed by atoms with Crippen LogP contribution in [0.2, 0.25) is 0 Å². The topological polar surface area (TPSA) is 49.4 Å². The number of anilines is 1. The summed E-state index contributed by atoms with van der Waals surface area (Å²) >= 11 is 1.67. The minimum Gasteiger partial charge on any atom is -0.342 e. The average Bonchev–Trinajstić information content (AvgIpc) is 2.53. The zero-order valence-electron chi connectivity index (χ0n) is 14.2. The van der Waals surface area contributed by atoms with Crippen LogP contribution in [-0.4, -0.2) is 40.3 Å². The van der Waals surface area contributed by atoms with E-state index in [-0.39, 0.29) is 22.5 Å². The molecule has 1 heterocycles. The number of nitrogens with zero attached hydrogens (tertiary/aromatic N) is 1. The molecule has 1 aliphatic heterocycles. The van der Waals surface area contributed by atoms with Crippen molar-refractivity contribution in [2.45, 2.75) is 38.4 Å². The van der Waals surface area contributed by atoms with E-state index < -0.39 is 0 Å². The number of piperidine rings is 1. The molecule has 1 N–H and O–H groups in total. The van der Waals surface area contributed by atoms with E-state index in [1.807, 2.05) is 35.2 Å². The van der Waals surface area contributed by atoms with E-state index >= 15 is 0 Å². The fraction of sp³-hybridized carbons (Fsp3) is 0.556. The van der Waals surface area contributed by atoms with Crippen molar-refractivity contribution in [2.75, 3.05) is 24.2 Å². The first kappa shape index (κ1) is 17.9. The lowest BCUT2D eigenvalue weighted by Crippen LogP contribution is -2.42. The van der Waals surface area contributed by atoms with Crippen molar-refractivity contribution in [1.29, 1.82) is 0 Å². The maximum atomic E-state index is 12.3. The van der Waals surface area contributed by atoms with Gasteiger partial charge >= 0.3 is 0 Å². The Bertz CT molecular complexity index is 532. The van der Waals surface area contributed by atoms with Crippen LogP contribution in [0, 0.1) is 5.92 Å². The smallest absolute Gasteiger partial charge is 0.232 e. The van der Waals surface area contributed by atoms with Gasteiger partial charge in [0.15, 0.2) is 0 Å². The minimum atomic E-state index is -0.00507. The summed E-state index contributed by atoms with van der Waals surface area (Å²) in [5.74, 6) is 0.762. The molecule has 2 amide bonds. The molecule has 4 nitrogen and oxygen atoms in total. The van der Waals surface area contributed by atoms with Crippen LogP contribution < -0.4 is 5.32 Å². The Hall–Kier alpha value is -1.49. The predicted molar refractivity (Wildman–Crippen MR) is 96.6 cm³/mol. The Balaban J connectivity index is 1.77. The lowest BCUT2D eigenvalue weighted by atomic mass is 9.96. The highest BCUT2D eigenvalue weighted by atomic mass is 32.2. The standard InChI is InChI=1S/C18H26N2O2S/c1-18(2,3)23-13-16(21)20-11-9-14(10-12-20)17(22)19-15-7-5-4-6-8-15/h4-8,14H,9-13H2,1-3H3,(H,19,22). The fourth-order valence-electron chi connectivity index (χ4n) is 2.53. The SMILES string of the molecule is CC(C)(C)SCC(=O)N1CCC(C(=O)Nc2ccccc2)CC1. The van der Waals surface area contributed by atoms with Gasteiger partial charge in [0.2, 0.25) is 11.8 Å². The van der Waals surface area contributed by atoms with Crippen LogP contribution in [0.3, 0.4) is 0 Å². The van der Waals surface area contributed by atoms with Crippen LogP contribution in [0.15, 0.2) is 30.3 Å². The quantitative estimate of drug-likeness (QED) is 0.918. The number of hydrogen-bond donors (Lipinski definition) is 1. The van der Waals surface area contributed by atoms with Gasteiger partial charge in [0.1, 0.15) is 0 Å². The Morgan fingerprint density at radius 3 is 2.35 bits per heavy atom. The maximum Gasteiger partial charge on any atom is 0.232 e. The molecule has 0 aromatic heterocycles. The Morgan fingerprint density at radius 2 is 1.78 bits per heavy atom. The van der Waals surface area contributed by atoms with Crippen LogP contribution >= 0.6 is 11.8 Å². The summed E-state index contributed by atoms with van der Waals surface area (Å²) in [6, 6.07) is 9.52. The lowest BCUT2D eigenvalue weighted by Gasteiger charge is -2.32. The normalized spacial score (nSPS) is 16.2. The van der Waals surface area contributed by atoms with Gasteiger partial charge in [-0.05, 0) is 25.0 Å². The Labute approximate surface area is 143 Å². The minimum absolute atomic E-state index is 0.00507. The molecule has 23 heavy (non-hydrogen) atoms. The van der Waals surface area contributed by atoms with Crippen LogP contribution in [0.5, 0.6) is 0 Å². The van der Waals surface area contributed by atoms with E-state index in [1.54, 1.807) is 11.8 Å². The molecule has 1 aromatic carbocycles. The molecule has 0 atom stereocenters. The summed E-state index contributed by atoms with van der Waals surface area (Å²) in [7, 11) is 0. The number of hydrogen-bond acceptors (Lipinski definition) is 3. The van der Waals surface area contributed by atoms with Crippen LogP contribution in [0.25, 0.3) is 0 Å². The number of rotatable bonds is 4. The molecule has 1 saturated heterocycles. The first-order valence-corrected chi connectivity index (χ1v) is 9.11. The number of para-hydroxylation sites is 1. The molecular weight excluding hydrogens is 308 g/mol.